The number of carbonyl (C=O) groups excluding carboxylic acids is 1. The third-order valence-electron chi connectivity index (χ3n) is 5.18. The lowest BCUT2D eigenvalue weighted by atomic mass is 9.84. The molecule has 4 heteroatoms. The van der Waals surface area contributed by atoms with Crippen molar-refractivity contribution in [2.45, 2.75) is 30.6 Å². The third kappa shape index (κ3) is 6.12. The van der Waals surface area contributed by atoms with E-state index >= 15 is 0 Å². The number of aliphatic hydroxyl groups excluding tert-OH is 1. The Morgan fingerprint density at radius 3 is 1.81 bits per heavy atom. The van der Waals surface area contributed by atoms with Crippen LogP contribution >= 0.6 is 11.8 Å². The topological polar surface area (TPSA) is 46.5 Å². The molecule has 166 valence electrons. The Bertz CT molecular complexity index is 875. The number of thioether (sulfide) groups is 1. The van der Waals surface area contributed by atoms with Crippen LogP contribution < -0.4 is 0 Å². The lowest BCUT2D eigenvalue weighted by Crippen LogP contribution is -2.26. The molecular formula is C28H30O3S. The quantitative estimate of drug-likeness (QED) is 0.171. The molecule has 0 aliphatic carbocycles. The van der Waals surface area contributed by atoms with E-state index in [1.165, 1.54) is 16.7 Å². The Labute approximate surface area is 195 Å². The molecule has 0 bridgehead atoms. The molecular weight excluding hydrogens is 416 g/mol. The molecule has 0 aliphatic heterocycles. The highest BCUT2D eigenvalue weighted by Gasteiger charge is 2.36. The van der Waals surface area contributed by atoms with Crippen molar-refractivity contribution >= 4 is 17.7 Å². The maximum Gasteiger partial charge on any atom is 0.308 e. The second kappa shape index (κ2) is 12.3. The number of carbonyl (C=O) groups is 1. The van der Waals surface area contributed by atoms with Crippen LogP contribution in [-0.2, 0) is 14.3 Å². The van der Waals surface area contributed by atoms with Crippen LogP contribution in [-0.4, -0.2) is 29.5 Å². The molecule has 0 aliphatic rings. The lowest BCUT2D eigenvalue weighted by molar-refractivity contribution is -0.144. The summed E-state index contributed by atoms with van der Waals surface area (Å²) >= 11 is 1.88. The zero-order valence-corrected chi connectivity index (χ0v) is 19.2. The van der Waals surface area contributed by atoms with Crippen molar-refractivity contribution in [3.8, 4) is 0 Å². The van der Waals surface area contributed by atoms with Crippen LogP contribution in [0.4, 0.5) is 0 Å². The molecule has 1 N–H and O–H groups in total. The predicted octanol–water partition coefficient (Wildman–Crippen LogP) is 5.97. The molecule has 3 aromatic carbocycles. The van der Waals surface area contributed by atoms with Gasteiger partial charge in [0.25, 0.3) is 0 Å². The Morgan fingerprint density at radius 1 is 0.906 bits per heavy atom. The summed E-state index contributed by atoms with van der Waals surface area (Å²) in [5.74, 6) is 0.469. The van der Waals surface area contributed by atoms with Gasteiger partial charge in [-0.25, -0.2) is 0 Å². The van der Waals surface area contributed by atoms with E-state index in [0.717, 1.165) is 12.2 Å². The van der Waals surface area contributed by atoms with Crippen LogP contribution in [0.15, 0.2) is 103 Å². The van der Waals surface area contributed by atoms with Gasteiger partial charge in [-0.05, 0) is 35.8 Å². The minimum Gasteiger partial charge on any atom is -0.466 e. The zero-order valence-electron chi connectivity index (χ0n) is 18.4. The van der Waals surface area contributed by atoms with Crippen LogP contribution in [0.1, 0.15) is 36.5 Å². The molecule has 3 nitrogen and oxygen atoms in total. The van der Waals surface area contributed by atoms with Crippen molar-refractivity contribution in [2.75, 3.05) is 12.4 Å². The summed E-state index contributed by atoms with van der Waals surface area (Å²) < 4.78 is 4.55. The molecule has 0 heterocycles. The van der Waals surface area contributed by atoms with E-state index < -0.39 is 6.10 Å². The second-order valence-electron chi connectivity index (χ2n) is 7.42. The van der Waals surface area contributed by atoms with Gasteiger partial charge >= 0.3 is 5.97 Å². The first-order valence-corrected chi connectivity index (χ1v) is 12.0. The lowest BCUT2D eigenvalue weighted by Gasteiger charge is -2.35. The van der Waals surface area contributed by atoms with Crippen LogP contribution in [0, 0.1) is 0 Å². The van der Waals surface area contributed by atoms with Crippen LogP contribution in [0.3, 0.4) is 0 Å². The zero-order chi connectivity index (χ0) is 22.7. The molecule has 3 rings (SSSR count). The number of hydrogen-bond acceptors (Lipinski definition) is 4. The number of hydrogen-bond donors (Lipinski definition) is 1. The van der Waals surface area contributed by atoms with E-state index in [1.54, 1.807) is 13.0 Å². The van der Waals surface area contributed by atoms with Gasteiger partial charge in [-0.15, -0.1) is 11.8 Å². The van der Waals surface area contributed by atoms with E-state index in [4.69, 9.17) is 4.74 Å². The molecule has 32 heavy (non-hydrogen) atoms. The van der Waals surface area contributed by atoms with Crippen LogP contribution in [0.2, 0.25) is 0 Å². The Balaban J connectivity index is 1.83. The molecule has 0 saturated heterocycles. The number of rotatable bonds is 11. The van der Waals surface area contributed by atoms with Gasteiger partial charge < -0.3 is 9.84 Å². The second-order valence-corrected chi connectivity index (χ2v) is 8.73. The average molecular weight is 447 g/mol. The van der Waals surface area contributed by atoms with Crippen LogP contribution in [0.5, 0.6) is 0 Å². The standard InChI is InChI=1S/C28H30O3S/c1-2-31-27(30)22-26(29)20-12-13-21-32-28(23-14-6-3-7-15-23,24-16-8-4-9-17-24)25-18-10-5-11-19-25/h3-12,14-20,26,29H,2,13,21-22H2,1H3/b20-12+. The molecule has 0 spiro atoms. The average Bonchev–Trinajstić information content (AvgIpc) is 2.83. The van der Waals surface area contributed by atoms with Crippen LogP contribution in [0.25, 0.3) is 0 Å². The number of benzene rings is 3. The highest BCUT2D eigenvalue weighted by Crippen LogP contribution is 2.48. The van der Waals surface area contributed by atoms with Gasteiger partial charge in [0, 0.05) is 0 Å². The first-order valence-electron chi connectivity index (χ1n) is 11.0. The maximum absolute atomic E-state index is 11.5. The van der Waals surface area contributed by atoms with Crippen molar-refractivity contribution in [3.05, 3.63) is 120 Å². The van der Waals surface area contributed by atoms with Crippen molar-refractivity contribution in [1.29, 1.82) is 0 Å². The van der Waals surface area contributed by atoms with Gasteiger partial charge in [0.05, 0.1) is 23.9 Å². The van der Waals surface area contributed by atoms with Gasteiger partial charge in [0.1, 0.15) is 0 Å². The van der Waals surface area contributed by atoms with Gasteiger partial charge in [-0.3, -0.25) is 4.79 Å². The Morgan fingerprint density at radius 2 is 1.38 bits per heavy atom. The van der Waals surface area contributed by atoms with Crippen molar-refractivity contribution in [1.82, 2.24) is 0 Å². The predicted molar refractivity (Wildman–Crippen MR) is 133 cm³/mol. The van der Waals surface area contributed by atoms with Gasteiger partial charge in [-0.2, -0.15) is 0 Å². The molecule has 0 radical (unpaired) electrons. The van der Waals surface area contributed by atoms with E-state index in [-0.39, 0.29) is 17.1 Å². The van der Waals surface area contributed by atoms with E-state index in [0.29, 0.717) is 6.61 Å². The Hall–Kier alpha value is -2.82. The largest absolute Gasteiger partial charge is 0.466 e. The highest BCUT2D eigenvalue weighted by molar-refractivity contribution is 8.00. The number of allylic oxidation sites excluding steroid dienone is 1. The fourth-order valence-electron chi connectivity index (χ4n) is 3.76. The molecule has 1 unspecified atom stereocenters. The normalized spacial score (nSPS) is 12.6. The molecule has 0 saturated carbocycles. The minimum atomic E-state index is -0.818. The highest BCUT2D eigenvalue weighted by atomic mass is 32.2. The smallest absolute Gasteiger partial charge is 0.308 e. The summed E-state index contributed by atoms with van der Waals surface area (Å²) in [5.41, 5.74) is 3.69. The third-order valence-corrected chi connectivity index (χ3v) is 6.76. The minimum absolute atomic E-state index is 0.0144. The summed E-state index contributed by atoms with van der Waals surface area (Å²) in [6.45, 7) is 2.09. The van der Waals surface area contributed by atoms with Gasteiger partial charge in [-0.1, -0.05) is 103 Å². The monoisotopic (exact) mass is 446 g/mol. The van der Waals surface area contributed by atoms with Gasteiger partial charge in [0.15, 0.2) is 0 Å². The summed E-state index contributed by atoms with van der Waals surface area (Å²) in [6.07, 6.45) is 3.58. The van der Waals surface area contributed by atoms with E-state index in [2.05, 4.69) is 72.8 Å². The van der Waals surface area contributed by atoms with E-state index in [9.17, 15) is 9.90 Å². The molecule has 0 fully saturated rings. The maximum atomic E-state index is 11.5. The number of ether oxygens (including phenoxy) is 1. The summed E-state index contributed by atoms with van der Waals surface area (Å²) in [6, 6.07) is 31.8. The fraction of sp³-hybridized carbons (Fsp3) is 0.250. The SMILES string of the molecule is CCOC(=O)CC(O)/C=C/CCSC(c1ccccc1)(c1ccccc1)c1ccccc1. The van der Waals surface area contributed by atoms with Crippen molar-refractivity contribution in [3.63, 3.8) is 0 Å². The Kier molecular flexibility index (Phi) is 9.14. The molecule has 0 aromatic heterocycles. The molecule has 3 aromatic rings. The number of aliphatic hydroxyl groups is 1. The van der Waals surface area contributed by atoms with Crippen molar-refractivity contribution < 1.29 is 14.6 Å². The number of esters is 1. The van der Waals surface area contributed by atoms with Crippen molar-refractivity contribution in [2.24, 2.45) is 0 Å². The first kappa shape index (κ1) is 23.8. The molecule has 0 amide bonds. The first-order chi connectivity index (χ1) is 15.7. The summed E-state index contributed by atoms with van der Waals surface area (Å²) in [5, 5.41) is 10.0. The molecule has 1 atom stereocenters. The van der Waals surface area contributed by atoms with E-state index in [1.807, 2.05) is 36.0 Å². The fourth-order valence-corrected chi connectivity index (χ4v) is 5.23. The summed E-state index contributed by atoms with van der Waals surface area (Å²) in [7, 11) is 0. The van der Waals surface area contributed by atoms with Gasteiger partial charge in [0.2, 0.25) is 0 Å². The summed E-state index contributed by atoms with van der Waals surface area (Å²) in [4.78, 5) is 11.5.